The van der Waals surface area contributed by atoms with E-state index in [0.717, 1.165) is 12.8 Å². The fraction of sp³-hybridized carbons (Fsp3) is 0.667. The zero-order valence-electron chi connectivity index (χ0n) is 7.54. The monoisotopic (exact) mass is 152 g/mol. The summed E-state index contributed by atoms with van der Waals surface area (Å²) in [5.74, 6) is 1.19. The Labute approximate surface area is 68.6 Å². The van der Waals surface area contributed by atoms with Crippen molar-refractivity contribution in [1.82, 2.24) is 4.90 Å². The summed E-state index contributed by atoms with van der Waals surface area (Å²) < 4.78 is 0. The SMILES string of the molecule is CCC(C)N=C1CC=CN1C. The van der Waals surface area contributed by atoms with E-state index in [9.17, 15) is 0 Å². The third-order valence-corrected chi connectivity index (χ3v) is 2.00. The van der Waals surface area contributed by atoms with Crippen molar-refractivity contribution in [1.29, 1.82) is 0 Å². The van der Waals surface area contributed by atoms with Crippen LogP contribution >= 0.6 is 0 Å². The van der Waals surface area contributed by atoms with E-state index in [1.54, 1.807) is 0 Å². The van der Waals surface area contributed by atoms with Crippen molar-refractivity contribution in [3.8, 4) is 0 Å². The second-order valence-corrected chi connectivity index (χ2v) is 3.00. The molecule has 0 radical (unpaired) electrons. The highest BCUT2D eigenvalue weighted by Gasteiger charge is 2.08. The number of hydrogen-bond acceptors (Lipinski definition) is 1. The fourth-order valence-electron chi connectivity index (χ4n) is 1.04. The zero-order chi connectivity index (χ0) is 8.27. The molecule has 1 aliphatic rings. The molecule has 0 fully saturated rings. The van der Waals surface area contributed by atoms with E-state index in [0.29, 0.717) is 6.04 Å². The van der Waals surface area contributed by atoms with Gasteiger partial charge in [-0.2, -0.15) is 0 Å². The summed E-state index contributed by atoms with van der Waals surface area (Å²) in [7, 11) is 2.05. The van der Waals surface area contributed by atoms with Gasteiger partial charge in [-0.15, -0.1) is 0 Å². The van der Waals surface area contributed by atoms with Gasteiger partial charge in [0, 0.05) is 25.7 Å². The molecule has 1 atom stereocenters. The Balaban J connectivity index is 2.53. The molecule has 0 saturated carbocycles. The highest BCUT2D eigenvalue weighted by molar-refractivity contribution is 5.86. The molecule has 0 aromatic rings. The van der Waals surface area contributed by atoms with Gasteiger partial charge in [-0.05, 0) is 13.3 Å². The topological polar surface area (TPSA) is 15.6 Å². The van der Waals surface area contributed by atoms with Crippen LogP contribution in [0.1, 0.15) is 26.7 Å². The third kappa shape index (κ3) is 2.07. The zero-order valence-corrected chi connectivity index (χ0v) is 7.54. The van der Waals surface area contributed by atoms with Gasteiger partial charge in [-0.3, -0.25) is 4.99 Å². The molecular weight excluding hydrogens is 136 g/mol. The molecule has 0 aromatic carbocycles. The summed E-state index contributed by atoms with van der Waals surface area (Å²) in [5.41, 5.74) is 0. The fourth-order valence-corrected chi connectivity index (χ4v) is 1.04. The first-order valence-electron chi connectivity index (χ1n) is 4.20. The maximum atomic E-state index is 4.56. The Hall–Kier alpha value is -0.790. The first-order chi connectivity index (χ1) is 5.24. The van der Waals surface area contributed by atoms with Crippen LogP contribution in [0, 0.1) is 0 Å². The number of rotatable bonds is 2. The summed E-state index contributed by atoms with van der Waals surface area (Å²) in [6.45, 7) is 4.32. The van der Waals surface area contributed by atoms with Crippen molar-refractivity contribution >= 4 is 5.84 Å². The average Bonchev–Trinajstić information content (AvgIpc) is 2.37. The molecule has 0 spiro atoms. The van der Waals surface area contributed by atoms with E-state index in [4.69, 9.17) is 0 Å². The van der Waals surface area contributed by atoms with Crippen molar-refractivity contribution in [2.24, 2.45) is 4.99 Å². The van der Waals surface area contributed by atoms with Gasteiger partial charge < -0.3 is 4.90 Å². The number of hydrogen-bond donors (Lipinski definition) is 0. The highest BCUT2D eigenvalue weighted by atomic mass is 15.2. The Morgan fingerprint density at radius 2 is 2.45 bits per heavy atom. The van der Waals surface area contributed by atoms with Gasteiger partial charge in [0.1, 0.15) is 5.84 Å². The van der Waals surface area contributed by atoms with Gasteiger partial charge in [0.25, 0.3) is 0 Å². The Kier molecular flexibility index (Phi) is 2.69. The molecule has 2 nitrogen and oxygen atoms in total. The molecule has 0 aliphatic carbocycles. The van der Waals surface area contributed by atoms with Gasteiger partial charge in [0.05, 0.1) is 0 Å². The van der Waals surface area contributed by atoms with Gasteiger partial charge in [0.2, 0.25) is 0 Å². The molecule has 0 saturated heterocycles. The minimum Gasteiger partial charge on any atom is -0.340 e. The first kappa shape index (κ1) is 8.31. The summed E-state index contributed by atoms with van der Waals surface area (Å²) >= 11 is 0. The van der Waals surface area contributed by atoms with Gasteiger partial charge in [-0.1, -0.05) is 13.0 Å². The molecule has 62 valence electrons. The van der Waals surface area contributed by atoms with E-state index in [2.05, 4.69) is 36.0 Å². The Morgan fingerprint density at radius 3 is 2.91 bits per heavy atom. The minimum absolute atomic E-state index is 0.465. The van der Waals surface area contributed by atoms with E-state index in [-0.39, 0.29) is 0 Å². The lowest BCUT2D eigenvalue weighted by molar-refractivity contribution is 0.653. The van der Waals surface area contributed by atoms with Crippen LogP contribution in [0.2, 0.25) is 0 Å². The quantitative estimate of drug-likeness (QED) is 0.591. The normalized spacial score (nSPS) is 23.2. The van der Waals surface area contributed by atoms with Gasteiger partial charge >= 0.3 is 0 Å². The van der Waals surface area contributed by atoms with E-state index in [1.807, 2.05) is 7.05 Å². The van der Waals surface area contributed by atoms with Crippen LogP contribution < -0.4 is 0 Å². The number of amidine groups is 1. The third-order valence-electron chi connectivity index (χ3n) is 2.00. The summed E-state index contributed by atoms with van der Waals surface area (Å²) in [5, 5.41) is 0. The van der Waals surface area contributed by atoms with Crippen molar-refractivity contribution in [3.63, 3.8) is 0 Å². The van der Waals surface area contributed by atoms with Crippen LogP contribution in [0.5, 0.6) is 0 Å². The molecule has 0 bridgehead atoms. The Morgan fingerprint density at radius 1 is 1.73 bits per heavy atom. The minimum atomic E-state index is 0.465. The molecule has 1 rings (SSSR count). The van der Waals surface area contributed by atoms with Crippen molar-refractivity contribution < 1.29 is 0 Å². The van der Waals surface area contributed by atoms with Crippen molar-refractivity contribution in [3.05, 3.63) is 12.3 Å². The molecule has 2 heteroatoms. The number of nitrogens with zero attached hydrogens (tertiary/aromatic N) is 2. The standard InChI is InChI=1S/C9H16N2/c1-4-8(2)10-9-6-5-7-11(9)3/h5,7-8H,4,6H2,1-3H3. The summed E-state index contributed by atoms with van der Waals surface area (Å²) in [6, 6.07) is 0.465. The predicted octanol–water partition coefficient (Wildman–Crippen LogP) is 2.03. The van der Waals surface area contributed by atoms with E-state index >= 15 is 0 Å². The van der Waals surface area contributed by atoms with Crippen LogP contribution in [0.4, 0.5) is 0 Å². The van der Waals surface area contributed by atoms with Crippen LogP contribution in [0.15, 0.2) is 17.3 Å². The second-order valence-electron chi connectivity index (χ2n) is 3.00. The summed E-state index contributed by atoms with van der Waals surface area (Å²) in [6.07, 6.45) is 6.33. The molecule has 11 heavy (non-hydrogen) atoms. The molecule has 1 aliphatic heterocycles. The first-order valence-corrected chi connectivity index (χ1v) is 4.20. The maximum absolute atomic E-state index is 4.56. The van der Waals surface area contributed by atoms with Crippen LogP contribution in [-0.4, -0.2) is 23.8 Å². The van der Waals surface area contributed by atoms with E-state index < -0.39 is 0 Å². The smallest absolute Gasteiger partial charge is 0.107 e. The van der Waals surface area contributed by atoms with Crippen LogP contribution in [0.25, 0.3) is 0 Å². The molecule has 0 aromatic heterocycles. The largest absolute Gasteiger partial charge is 0.340 e. The Bertz CT molecular complexity index is 182. The number of aliphatic imine (C=N–C) groups is 1. The lowest BCUT2D eigenvalue weighted by atomic mass is 10.3. The average molecular weight is 152 g/mol. The van der Waals surface area contributed by atoms with Crippen molar-refractivity contribution in [2.75, 3.05) is 7.05 Å². The molecule has 1 unspecified atom stereocenters. The predicted molar refractivity (Wildman–Crippen MR) is 48.7 cm³/mol. The molecule has 0 N–H and O–H groups in total. The second kappa shape index (κ2) is 3.56. The van der Waals surface area contributed by atoms with E-state index in [1.165, 1.54) is 5.84 Å². The maximum Gasteiger partial charge on any atom is 0.107 e. The van der Waals surface area contributed by atoms with Gasteiger partial charge in [-0.25, -0.2) is 0 Å². The van der Waals surface area contributed by atoms with Crippen LogP contribution in [0.3, 0.4) is 0 Å². The van der Waals surface area contributed by atoms with Crippen molar-refractivity contribution in [2.45, 2.75) is 32.7 Å². The van der Waals surface area contributed by atoms with Crippen LogP contribution in [-0.2, 0) is 0 Å². The lowest BCUT2D eigenvalue weighted by Gasteiger charge is -2.12. The molecule has 0 amide bonds. The summed E-state index contributed by atoms with van der Waals surface area (Å²) in [4.78, 5) is 6.64. The lowest BCUT2D eigenvalue weighted by Crippen LogP contribution is -2.17. The highest BCUT2D eigenvalue weighted by Crippen LogP contribution is 2.08. The molecule has 1 heterocycles. The molecular formula is C9H16N2. The van der Waals surface area contributed by atoms with Gasteiger partial charge in [0.15, 0.2) is 0 Å².